The first kappa shape index (κ1) is 21.7. The number of sulfonamides is 1. The maximum atomic E-state index is 13.2. The summed E-state index contributed by atoms with van der Waals surface area (Å²) in [4.78, 5) is 15.2. The topological polar surface area (TPSA) is 84.7 Å². The van der Waals surface area contributed by atoms with Crippen LogP contribution in [0, 0.1) is 0 Å². The van der Waals surface area contributed by atoms with Gasteiger partial charge in [-0.2, -0.15) is 9.40 Å². The third kappa shape index (κ3) is 4.02. The standard InChI is InChI=1S/C24H26N4O4S/c1-32-20-7-5-19(6-8-20)28-16-12-22(25-28)24(29)27-15-11-18-17-21(9-10-23(18)27)33(30,31)26-13-3-2-4-14-26/h5-10,12,16-17H,2-4,11,13-15H2,1H3. The molecule has 9 heteroatoms. The van der Waals surface area contributed by atoms with Gasteiger partial charge in [-0.1, -0.05) is 6.42 Å². The first-order valence-corrected chi connectivity index (χ1v) is 12.6. The molecule has 0 atom stereocenters. The van der Waals surface area contributed by atoms with Gasteiger partial charge in [0.15, 0.2) is 5.69 Å². The summed E-state index contributed by atoms with van der Waals surface area (Å²) < 4.78 is 34.5. The van der Waals surface area contributed by atoms with Crippen LogP contribution in [-0.4, -0.2) is 55.2 Å². The number of hydrogen-bond acceptors (Lipinski definition) is 5. The number of hydrogen-bond donors (Lipinski definition) is 0. The van der Waals surface area contributed by atoms with Crippen molar-refractivity contribution in [3.63, 3.8) is 0 Å². The lowest BCUT2D eigenvalue weighted by Gasteiger charge is -2.26. The minimum absolute atomic E-state index is 0.201. The highest BCUT2D eigenvalue weighted by molar-refractivity contribution is 7.89. The van der Waals surface area contributed by atoms with E-state index in [9.17, 15) is 13.2 Å². The highest BCUT2D eigenvalue weighted by Gasteiger charge is 2.31. The Hall–Kier alpha value is -3.17. The van der Waals surface area contributed by atoms with Crippen molar-refractivity contribution < 1.29 is 17.9 Å². The van der Waals surface area contributed by atoms with Gasteiger partial charge in [-0.15, -0.1) is 0 Å². The van der Waals surface area contributed by atoms with E-state index in [0.717, 1.165) is 42.0 Å². The third-order valence-corrected chi connectivity index (χ3v) is 8.18. The van der Waals surface area contributed by atoms with Gasteiger partial charge in [0.2, 0.25) is 10.0 Å². The van der Waals surface area contributed by atoms with E-state index in [1.165, 1.54) is 0 Å². The summed E-state index contributed by atoms with van der Waals surface area (Å²) in [6, 6.07) is 14.2. The second kappa shape index (κ2) is 8.64. The van der Waals surface area contributed by atoms with Crippen LogP contribution < -0.4 is 9.64 Å². The van der Waals surface area contributed by atoms with Crippen molar-refractivity contribution >= 4 is 21.6 Å². The number of carbonyl (C=O) groups excluding carboxylic acids is 1. The largest absolute Gasteiger partial charge is 0.497 e. The summed E-state index contributed by atoms with van der Waals surface area (Å²) in [5.41, 5.74) is 2.78. The molecule has 8 nitrogen and oxygen atoms in total. The number of rotatable bonds is 5. The number of methoxy groups -OCH3 is 1. The first-order valence-electron chi connectivity index (χ1n) is 11.1. The smallest absolute Gasteiger partial charge is 0.278 e. The lowest BCUT2D eigenvalue weighted by molar-refractivity contribution is 0.0984. The maximum Gasteiger partial charge on any atom is 0.278 e. The van der Waals surface area contributed by atoms with Crippen LogP contribution in [0.5, 0.6) is 5.75 Å². The minimum atomic E-state index is -3.50. The number of benzene rings is 2. The molecule has 0 unspecified atom stereocenters. The van der Waals surface area contributed by atoms with E-state index >= 15 is 0 Å². The monoisotopic (exact) mass is 466 g/mol. The van der Waals surface area contributed by atoms with Gasteiger partial charge >= 0.3 is 0 Å². The normalized spacial score (nSPS) is 16.6. The fourth-order valence-corrected chi connectivity index (χ4v) is 6.03. The van der Waals surface area contributed by atoms with E-state index < -0.39 is 10.0 Å². The Balaban J connectivity index is 1.36. The minimum Gasteiger partial charge on any atom is -0.497 e. The number of aromatic nitrogens is 2. The molecule has 3 aromatic rings. The summed E-state index contributed by atoms with van der Waals surface area (Å²) in [6.07, 6.45) is 5.23. The van der Waals surface area contributed by atoms with Gasteiger partial charge in [0.25, 0.3) is 5.91 Å². The predicted molar refractivity (Wildman–Crippen MR) is 125 cm³/mol. The molecule has 2 aliphatic rings. The Morgan fingerprint density at radius 3 is 2.45 bits per heavy atom. The Labute approximate surface area is 193 Å². The average Bonchev–Trinajstić information content (AvgIpc) is 3.52. The Morgan fingerprint density at radius 1 is 0.970 bits per heavy atom. The molecule has 33 heavy (non-hydrogen) atoms. The molecule has 2 aromatic carbocycles. The highest BCUT2D eigenvalue weighted by atomic mass is 32.2. The molecule has 0 bridgehead atoms. The predicted octanol–water partition coefficient (Wildman–Crippen LogP) is 3.26. The van der Waals surface area contributed by atoms with Gasteiger partial charge in [-0.25, -0.2) is 13.1 Å². The molecule has 1 saturated heterocycles. The van der Waals surface area contributed by atoms with E-state index in [1.807, 2.05) is 24.3 Å². The van der Waals surface area contributed by atoms with Gasteiger partial charge in [0.1, 0.15) is 5.75 Å². The molecule has 2 aliphatic heterocycles. The molecule has 1 fully saturated rings. The van der Waals surface area contributed by atoms with Crippen LogP contribution >= 0.6 is 0 Å². The lowest BCUT2D eigenvalue weighted by atomic mass is 10.2. The number of ether oxygens (including phenoxy) is 1. The molecule has 5 rings (SSSR count). The number of fused-ring (bicyclic) bond motifs is 1. The molecular formula is C24H26N4O4S. The summed E-state index contributed by atoms with van der Waals surface area (Å²) in [7, 11) is -1.89. The van der Waals surface area contributed by atoms with Crippen molar-refractivity contribution in [1.82, 2.24) is 14.1 Å². The zero-order valence-electron chi connectivity index (χ0n) is 18.5. The fraction of sp³-hybridized carbons (Fsp3) is 0.333. The SMILES string of the molecule is COc1ccc(-n2ccc(C(=O)N3CCc4cc(S(=O)(=O)N5CCCCC5)ccc43)n2)cc1. The average molecular weight is 467 g/mol. The van der Waals surface area contributed by atoms with Gasteiger partial charge < -0.3 is 9.64 Å². The van der Waals surface area contributed by atoms with E-state index in [2.05, 4.69) is 5.10 Å². The van der Waals surface area contributed by atoms with E-state index in [4.69, 9.17) is 4.74 Å². The van der Waals surface area contributed by atoms with Crippen molar-refractivity contribution in [2.75, 3.05) is 31.6 Å². The fourth-order valence-electron chi connectivity index (χ4n) is 4.46. The van der Waals surface area contributed by atoms with E-state index in [0.29, 0.717) is 36.6 Å². The summed E-state index contributed by atoms with van der Waals surface area (Å²) in [5.74, 6) is 0.546. The molecule has 1 amide bonds. The second-order valence-electron chi connectivity index (χ2n) is 8.31. The van der Waals surface area contributed by atoms with Crippen LogP contribution in [-0.2, 0) is 16.4 Å². The zero-order valence-corrected chi connectivity index (χ0v) is 19.3. The van der Waals surface area contributed by atoms with Crippen molar-refractivity contribution in [3.05, 3.63) is 66.0 Å². The van der Waals surface area contributed by atoms with Crippen molar-refractivity contribution in [3.8, 4) is 11.4 Å². The maximum absolute atomic E-state index is 13.2. The Bertz CT molecular complexity index is 1280. The zero-order chi connectivity index (χ0) is 23.0. The number of carbonyl (C=O) groups is 1. The number of piperidine rings is 1. The van der Waals surface area contributed by atoms with Crippen LogP contribution in [0.1, 0.15) is 35.3 Å². The van der Waals surface area contributed by atoms with Crippen molar-refractivity contribution in [1.29, 1.82) is 0 Å². The number of anilines is 1. The molecule has 172 valence electrons. The molecule has 3 heterocycles. The summed E-state index contributed by atoms with van der Waals surface area (Å²) in [6.45, 7) is 1.64. The molecule has 0 saturated carbocycles. The molecule has 0 N–H and O–H groups in total. The number of amides is 1. The van der Waals surface area contributed by atoms with Crippen LogP contribution in [0.25, 0.3) is 5.69 Å². The molecule has 0 radical (unpaired) electrons. The lowest BCUT2D eigenvalue weighted by Crippen LogP contribution is -2.35. The van der Waals surface area contributed by atoms with E-state index in [-0.39, 0.29) is 5.91 Å². The summed E-state index contributed by atoms with van der Waals surface area (Å²) >= 11 is 0. The molecular weight excluding hydrogens is 440 g/mol. The van der Waals surface area contributed by atoms with Crippen LogP contribution in [0.15, 0.2) is 59.6 Å². The molecule has 1 aromatic heterocycles. The first-order chi connectivity index (χ1) is 16.0. The van der Waals surface area contributed by atoms with Gasteiger partial charge in [0.05, 0.1) is 17.7 Å². The Morgan fingerprint density at radius 2 is 1.73 bits per heavy atom. The second-order valence-corrected chi connectivity index (χ2v) is 10.2. The quantitative estimate of drug-likeness (QED) is 0.576. The van der Waals surface area contributed by atoms with Crippen LogP contribution in [0.4, 0.5) is 5.69 Å². The summed E-state index contributed by atoms with van der Waals surface area (Å²) in [5, 5.41) is 4.45. The van der Waals surface area contributed by atoms with Gasteiger partial charge in [-0.3, -0.25) is 4.79 Å². The van der Waals surface area contributed by atoms with Crippen molar-refractivity contribution in [2.45, 2.75) is 30.6 Å². The van der Waals surface area contributed by atoms with E-state index in [1.54, 1.807) is 51.5 Å². The van der Waals surface area contributed by atoms with Crippen LogP contribution in [0.2, 0.25) is 0 Å². The van der Waals surface area contributed by atoms with Crippen molar-refractivity contribution in [2.24, 2.45) is 0 Å². The van der Waals surface area contributed by atoms with Gasteiger partial charge in [-0.05, 0) is 73.4 Å². The Kier molecular flexibility index (Phi) is 5.67. The number of nitrogens with zero attached hydrogens (tertiary/aromatic N) is 4. The van der Waals surface area contributed by atoms with Crippen LogP contribution in [0.3, 0.4) is 0 Å². The van der Waals surface area contributed by atoms with Gasteiger partial charge in [0, 0.05) is 31.5 Å². The third-order valence-electron chi connectivity index (χ3n) is 6.29. The molecule has 0 spiro atoms. The highest BCUT2D eigenvalue weighted by Crippen LogP contribution is 2.32. The molecule has 0 aliphatic carbocycles.